The lowest BCUT2D eigenvalue weighted by Gasteiger charge is -2.20. The van der Waals surface area contributed by atoms with E-state index in [1.807, 2.05) is 0 Å². The lowest BCUT2D eigenvalue weighted by molar-refractivity contribution is -0.127. The van der Waals surface area contributed by atoms with Gasteiger partial charge in [-0.2, -0.15) is 0 Å². The van der Waals surface area contributed by atoms with Crippen LogP contribution in [0.1, 0.15) is 47.0 Å². The van der Waals surface area contributed by atoms with Crippen LogP contribution in [0.2, 0.25) is 0 Å². The highest BCUT2D eigenvalue weighted by molar-refractivity contribution is 5.82. The van der Waals surface area contributed by atoms with Gasteiger partial charge in [-0.15, -0.1) is 0 Å². The molecule has 0 heterocycles. The molecule has 0 aliphatic heterocycles. The highest BCUT2D eigenvalue weighted by Gasteiger charge is 2.71. The number of ketones is 1. The highest BCUT2D eigenvalue weighted by atomic mass is 16.3. The van der Waals surface area contributed by atoms with Gasteiger partial charge in [0.1, 0.15) is 6.10 Å². The minimum atomic E-state index is -0.775. The molecule has 0 aromatic heterocycles. The van der Waals surface area contributed by atoms with Gasteiger partial charge in [0.05, 0.1) is 0 Å². The predicted octanol–water partition coefficient (Wildman–Crippen LogP) is 2.40. The van der Waals surface area contributed by atoms with Crippen molar-refractivity contribution in [2.45, 2.75) is 53.1 Å². The smallest absolute Gasteiger partial charge is 0.161 e. The topological polar surface area (TPSA) is 37.3 Å². The number of hydrogen-bond donors (Lipinski definition) is 1. The van der Waals surface area contributed by atoms with E-state index in [2.05, 4.69) is 20.8 Å². The van der Waals surface area contributed by atoms with Gasteiger partial charge in [0.15, 0.2) is 5.78 Å². The average Bonchev–Trinajstić information content (AvgIpc) is 2.46. The standard InChI is InChI=1S/C13H22O2/c1-8(14)10(15)5-9-6-11-12(2,3)13(11,4)7-9/h8-9,11,14H,5-7H2,1-4H3. The summed E-state index contributed by atoms with van der Waals surface area (Å²) in [4.78, 5) is 11.4. The molecule has 0 amide bonds. The van der Waals surface area contributed by atoms with Gasteiger partial charge in [-0.25, -0.2) is 0 Å². The lowest BCUT2D eigenvalue weighted by atomic mass is 9.85. The molecule has 4 unspecified atom stereocenters. The number of carbonyl (C=O) groups is 1. The molecule has 2 fully saturated rings. The third kappa shape index (κ3) is 1.45. The predicted molar refractivity (Wildman–Crippen MR) is 59.4 cm³/mol. The van der Waals surface area contributed by atoms with Crippen LogP contribution < -0.4 is 0 Å². The van der Waals surface area contributed by atoms with Crippen molar-refractivity contribution in [2.75, 3.05) is 0 Å². The van der Waals surface area contributed by atoms with Gasteiger partial charge in [0.2, 0.25) is 0 Å². The van der Waals surface area contributed by atoms with Crippen LogP contribution in [0.25, 0.3) is 0 Å². The Hall–Kier alpha value is -0.370. The van der Waals surface area contributed by atoms with Gasteiger partial charge >= 0.3 is 0 Å². The van der Waals surface area contributed by atoms with Crippen LogP contribution >= 0.6 is 0 Å². The van der Waals surface area contributed by atoms with Crippen molar-refractivity contribution in [2.24, 2.45) is 22.7 Å². The Labute approximate surface area is 92.1 Å². The van der Waals surface area contributed by atoms with Crippen LogP contribution in [0.4, 0.5) is 0 Å². The molecule has 0 saturated heterocycles. The van der Waals surface area contributed by atoms with Crippen molar-refractivity contribution in [1.82, 2.24) is 0 Å². The number of fused-ring (bicyclic) bond motifs is 1. The summed E-state index contributed by atoms with van der Waals surface area (Å²) in [6.07, 6.45) is 2.16. The minimum Gasteiger partial charge on any atom is -0.386 e. The molecule has 1 N–H and O–H groups in total. The maximum Gasteiger partial charge on any atom is 0.161 e. The molecular weight excluding hydrogens is 188 g/mol. The Bertz CT molecular complexity index is 293. The Morgan fingerprint density at radius 1 is 1.47 bits per heavy atom. The van der Waals surface area contributed by atoms with Crippen LogP contribution in [-0.2, 0) is 4.79 Å². The maximum atomic E-state index is 11.4. The van der Waals surface area contributed by atoms with Gasteiger partial charge in [-0.1, -0.05) is 20.8 Å². The van der Waals surface area contributed by atoms with Crippen molar-refractivity contribution in [1.29, 1.82) is 0 Å². The molecule has 4 atom stereocenters. The van der Waals surface area contributed by atoms with Crippen LogP contribution in [-0.4, -0.2) is 17.0 Å². The van der Waals surface area contributed by atoms with E-state index < -0.39 is 6.10 Å². The summed E-state index contributed by atoms with van der Waals surface area (Å²) in [6.45, 7) is 8.60. The molecular formula is C13H22O2. The Morgan fingerprint density at radius 2 is 2.07 bits per heavy atom. The normalized spacial score (nSPS) is 43.5. The van der Waals surface area contributed by atoms with Crippen molar-refractivity contribution in [3.63, 3.8) is 0 Å². The van der Waals surface area contributed by atoms with Crippen molar-refractivity contribution in [3.05, 3.63) is 0 Å². The fourth-order valence-corrected chi connectivity index (χ4v) is 3.78. The lowest BCUT2D eigenvalue weighted by Crippen LogP contribution is -2.21. The van der Waals surface area contributed by atoms with Gasteiger partial charge in [-0.3, -0.25) is 4.79 Å². The van der Waals surface area contributed by atoms with Gasteiger partial charge in [-0.05, 0) is 42.4 Å². The fraction of sp³-hybridized carbons (Fsp3) is 0.923. The van der Waals surface area contributed by atoms with E-state index in [1.165, 1.54) is 12.8 Å². The van der Waals surface area contributed by atoms with E-state index in [9.17, 15) is 9.90 Å². The van der Waals surface area contributed by atoms with Crippen LogP contribution in [0.15, 0.2) is 0 Å². The zero-order valence-corrected chi connectivity index (χ0v) is 10.2. The summed E-state index contributed by atoms with van der Waals surface area (Å²) < 4.78 is 0. The van der Waals surface area contributed by atoms with E-state index in [0.717, 1.165) is 5.92 Å². The third-order valence-electron chi connectivity index (χ3n) is 5.27. The zero-order valence-electron chi connectivity index (χ0n) is 10.2. The average molecular weight is 210 g/mol. The molecule has 2 aliphatic rings. The highest BCUT2D eigenvalue weighted by Crippen LogP contribution is 2.77. The quantitative estimate of drug-likeness (QED) is 0.776. The molecule has 0 aromatic rings. The summed E-state index contributed by atoms with van der Waals surface area (Å²) in [5.41, 5.74) is 0.952. The first kappa shape index (κ1) is 11.1. The second-order valence-corrected chi connectivity index (χ2v) is 6.34. The molecule has 0 spiro atoms. The number of rotatable bonds is 3. The fourth-order valence-electron chi connectivity index (χ4n) is 3.78. The van der Waals surface area contributed by atoms with E-state index in [-0.39, 0.29) is 5.78 Å². The molecule has 2 saturated carbocycles. The summed E-state index contributed by atoms with van der Waals surface area (Å²) in [5.74, 6) is 1.34. The van der Waals surface area contributed by atoms with E-state index >= 15 is 0 Å². The third-order valence-corrected chi connectivity index (χ3v) is 5.27. The first-order chi connectivity index (χ1) is 6.79. The molecule has 0 aromatic carbocycles. The number of hydrogen-bond acceptors (Lipinski definition) is 2. The SMILES string of the molecule is CC(O)C(=O)CC1CC2C(C)(C)C2(C)C1. The van der Waals surface area contributed by atoms with Crippen LogP contribution in [0, 0.1) is 22.7 Å². The molecule has 0 radical (unpaired) electrons. The Morgan fingerprint density at radius 3 is 2.47 bits per heavy atom. The Kier molecular flexibility index (Phi) is 2.27. The molecule has 0 bridgehead atoms. The molecule has 2 aliphatic carbocycles. The maximum absolute atomic E-state index is 11.4. The molecule has 15 heavy (non-hydrogen) atoms. The van der Waals surface area contributed by atoms with E-state index in [0.29, 0.717) is 23.2 Å². The molecule has 2 heteroatoms. The summed E-state index contributed by atoms with van der Waals surface area (Å²) >= 11 is 0. The number of carbonyl (C=O) groups excluding carboxylic acids is 1. The van der Waals surface area contributed by atoms with Gasteiger partial charge in [0.25, 0.3) is 0 Å². The van der Waals surface area contributed by atoms with Gasteiger partial charge in [0, 0.05) is 6.42 Å². The first-order valence-electron chi connectivity index (χ1n) is 6.00. The van der Waals surface area contributed by atoms with Crippen molar-refractivity contribution < 1.29 is 9.90 Å². The molecule has 2 rings (SSSR count). The zero-order chi connectivity index (χ0) is 11.4. The van der Waals surface area contributed by atoms with Crippen molar-refractivity contribution in [3.8, 4) is 0 Å². The number of Topliss-reactive ketones (excluding diaryl/α,β-unsaturated/α-hetero) is 1. The summed E-state index contributed by atoms with van der Waals surface area (Å²) in [6, 6.07) is 0. The number of aliphatic hydroxyl groups excluding tert-OH is 1. The van der Waals surface area contributed by atoms with Crippen LogP contribution in [0.3, 0.4) is 0 Å². The van der Waals surface area contributed by atoms with E-state index in [4.69, 9.17) is 0 Å². The summed E-state index contributed by atoms with van der Waals surface area (Å²) in [7, 11) is 0. The van der Waals surface area contributed by atoms with Crippen LogP contribution in [0.5, 0.6) is 0 Å². The van der Waals surface area contributed by atoms with Crippen molar-refractivity contribution >= 4 is 5.78 Å². The second-order valence-electron chi connectivity index (χ2n) is 6.34. The summed E-state index contributed by atoms with van der Waals surface area (Å²) in [5, 5.41) is 9.18. The first-order valence-corrected chi connectivity index (χ1v) is 6.00. The molecule has 86 valence electrons. The minimum absolute atomic E-state index is 0.0164. The Balaban J connectivity index is 1.90. The molecule has 2 nitrogen and oxygen atoms in total. The largest absolute Gasteiger partial charge is 0.386 e. The van der Waals surface area contributed by atoms with E-state index in [1.54, 1.807) is 6.92 Å². The number of aliphatic hydroxyl groups is 1. The van der Waals surface area contributed by atoms with Gasteiger partial charge < -0.3 is 5.11 Å². The monoisotopic (exact) mass is 210 g/mol. The second kappa shape index (κ2) is 3.07.